The second-order valence-corrected chi connectivity index (χ2v) is 9.94. The summed E-state index contributed by atoms with van der Waals surface area (Å²) in [5.74, 6) is 2.06. The summed E-state index contributed by atoms with van der Waals surface area (Å²) in [6, 6.07) is 6.65. The lowest BCUT2D eigenvalue weighted by Crippen LogP contribution is -2.48. The van der Waals surface area contributed by atoms with Crippen LogP contribution in [0.4, 0.5) is 0 Å². The zero-order valence-electron chi connectivity index (χ0n) is 21.0. The number of nitriles is 1. The second kappa shape index (κ2) is 12.1. The van der Waals surface area contributed by atoms with Crippen LogP contribution in [0.2, 0.25) is 0 Å². The van der Waals surface area contributed by atoms with Gasteiger partial charge in [-0.3, -0.25) is 0 Å². The van der Waals surface area contributed by atoms with E-state index in [1.807, 2.05) is 6.07 Å². The molecule has 1 aromatic rings. The van der Waals surface area contributed by atoms with E-state index in [9.17, 15) is 5.26 Å². The van der Waals surface area contributed by atoms with Gasteiger partial charge in [-0.25, -0.2) is 0 Å². The molecule has 6 heteroatoms. The first kappa shape index (κ1) is 25.8. The summed E-state index contributed by atoms with van der Waals surface area (Å²) >= 11 is 0. The van der Waals surface area contributed by atoms with Gasteiger partial charge in [-0.2, -0.15) is 5.26 Å². The summed E-state index contributed by atoms with van der Waals surface area (Å²) < 4.78 is 29.0. The number of unbranched alkanes of at least 4 members (excludes halogenated alkanes) is 3. The van der Waals surface area contributed by atoms with Gasteiger partial charge < -0.3 is 23.7 Å². The van der Waals surface area contributed by atoms with Crippen LogP contribution in [0.25, 0.3) is 0 Å². The molecule has 1 saturated carbocycles. The largest absolute Gasteiger partial charge is 0.487 e. The van der Waals surface area contributed by atoms with Crippen LogP contribution in [0.3, 0.4) is 0 Å². The summed E-state index contributed by atoms with van der Waals surface area (Å²) in [7, 11) is 3.28. The van der Waals surface area contributed by atoms with Crippen molar-refractivity contribution in [2.45, 2.75) is 95.7 Å². The molecule has 1 heterocycles. The second-order valence-electron chi connectivity index (χ2n) is 9.94. The Bertz CT molecular complexity index is 802. The summed E-state index contributed by atoms with van der Waals surface area (Å²) in [6.45, 7) is 7.03. The van der Waals surface area contributed by atoms with E-state index in [0.29, 0.717) is 12.7 Å². The van der Waals surface area contributed by atoms with Crippen LogP contribution in [-0.2, 0) is 14.2 Å². The zero-order valence-corrected chi connectivity index (χ0v) is 21.0. The van der Waals surface area contributed by atoms with Gasteiger partial charge in [0.05, 0.1) is 18.1 Å². The highest BCUT2D eigenvalue weighted by Crippen LogP contribution is 2.55. The number of ether oxygens (including phenoxy) is 5. The molecule has 33 heavy (non-hydrogen) atoms. The van der Waals surface area contributed by atoms with Crippen molar-refractivity contribution in [1.29, 1.82) is 5.26 Å². The minimum absolute atomic E-state index is 0.147. The first-order valence-electron chi connectivity index (χ1n) is 12.4. The van der Waals surface area contributed by atoms with Crippen LogP contribution in [0, 0.1) is 17.2 Å². The predicted octanol–water partition coefficient (Wildman–Crippen LogP) is 6.29. The Hall–Kier alpha value is -1.81. The van der Waals surface area contributed by atoms with Crippen molar-refractivity contribution in [2.75, 3.05) is 27.8 Å². The molecule has 1 fully saturated rings. The Morgan fingerprint density at radius 1 is 1.12 bits per heavy atom. The lowest BCUT2D eigenvalue weighted by Gasteiger charge is -2.49. The van der Waals surface area contributed by atoms with Crippen LogP contribution in [-0.4, -0.2) is 39.5 Å². The number of benzene rings is 1. The maximum absolute atomic E-state index is 9.93. The first-order valence-corrected chi connectivity index (χ1v) is 12.4. The normalized spacial score (nSPS) is 24.2. The minimum atomic E-state index is -0.301. The highest BCUT2D eigenvalue weighted by atomic mass is 16.7. The molecule has 0 saturated heterocycles. The van der Waals surface area contributed by atoms with E-state index in [1.165, 1.54) is 12.8 Å². The summed E-state index contributed by atoms with van der Waals surface area (Å²) in [4.78, 5) is 0. The summed E-state index contributed by atoms with van der Waals surface area (Å²) in [5, 5.41) is 9.93. The maximum Gasteiger partial charge on any atom is 0.188 e. The number of methoxy groups -OCH3 is 2. The Balaban J connectivity index is 1.96. The summed E-state index contributed by atoms with van der Waals surface area (Å²) in [6.07, 6.45) is 8.51. The average Bonchev–Trinajstić information content (AvgIpc) is 2.80. The zero-order chi connectivity index (χ0) is 23.8. The lowest BCUT2D eigenvalue weighted by atomic mass is 9.65. The average molecular weight is 460 g/mol. The van der Waals surface area contributed by atoms with Crippen molar-refractivity contribution in [1.82, 2.24) is 0 Å². The topological polar surface area (TPSA) is 69.9 Å². The van der Waals surface area contributed by atoms with E-state index in [1.54, 1.807) is 14.2 Å². The number of nitrogens with zero attached hydrogens (tertiary/aromatic N) is 1. The van der Waals surface area contributed by atoms with Crippen LogP contribution >= 0.6 is 0 Å². The number of fused-ring (bicyclic) bond motifs is 3. The van der Waals surface area contributed by atoms with Crippen molar-refractivity contribution in [3.63, 3.8) is 0 Å². The van der Waals surface area contributed by atoms with E-state index < -0.39 is 0 Å². The van der Waals surface area contributed by atoms with Gasteiger partial charge in [-0.05, 0) is 57.2 Å². The molecule has 0 amide bonds. The lowest BCUT2D eigenvalue weighted by molar-refractivity contribution is -0.105. The third kappa shape index (κ3) is 6.20. The van der Waals surface area contributed by atoms with Crippen molar-refractivity contribution in [3.8, 4) is 17.6 Å². The fourth-order valence-corrected chi connectivity index (χ4v) is 5.55. The molecular formula is C27H41NO5. The fourth-order valence-electron chi connectivity index (χ4n) is 5.55. The van der Waals surface area contributed by atoms with E-state index in [0.717, 1.165) is 61.2 Å². The molecule has 2 aliphatic rings. The van der Waals surface area contributed by atoms with Gasteiger partial charge >= 0.3 is 0 Å². The molecule has 0 bridgehead atoms. The highest BCUT2D eigenvalue weighted by molar-refractivity contribution is 5.54. The Morgan fingerprint density at radius 3 is 2.61 bits per heavy atom. The third-order valence-electron chi connectivity index (χ3n) is 7.22. The van der Waals surface area contributed by atoms with Crippen molar-refractivity contribution in [2.24, 2.45) is 5.92 Å². The van der Waals surface area contributed by atoms with Gasteiger partial charge in [0.15, 0.2) is 6.79 Å². The molecular weight excluding hydrogens is 418 g/mol. The Morgan fingerprint density at radius 2 is 1.91 bits per heavy atom. The van der Waals surface area contributed by atoms with E-state index in [2.05, 4.69) is 32.9 Å². The van der Waals surface area contributed by atoms with Crippen LogP contribution in [0.5, 0.6) is 11.5 Å². The standard InChI is InChI=1S/C27H41NO5/c1-6-7-8-9-10-19(16-28)20-13-24(32-18-30-5)26-22-15-21(31-17-29-4)11-12-23(22)27(2,3)33-25(26)14-20/h13-14,19,21-23H,6-12,15,17-18H2,1-5H3/t19?,21-,22-,23-/m1/s1. The van der Waals surface area contributed by atoms with Gasteiger partial charge in [0.25, 0.3) is 0 Å². The molecule has 0 aromatic heterocycles. The SMILES string of the molecule is CCCCCCC(C#N)c1cc(OCOC)c2c(c1)OC(C)(C)[C@@H]1CC[C@@H](OCOC)C[C@@H]21. The van der Waals surface area contributed by atoms with Gasteiger partial charge in [-0.1, -0.05) is 32.6 Å². The Labute approximate surface area is 199 Å². The van der Waals surface area contributed by atoms with E-state index in [-0.39, 0.29) is 30.3 Å². The molecule has 6 nitrogen and oxygen atoms in total. The van der Waals surface area contributed by atoms with Crippen molar-refractivity contribution in [3.05, 3.63) is 23.3 Å². The molecule has 184 valence electrons. The molecule has 4 atom stereocenters. The molecule has 1 unspecified atom stereocenters. The maximum atomic E-state index is 9.93. The molecule has 1 aliphatic carbocycles. The molecule has 0 N–H and O–H groups in total. The van der Waals surface area contributed by atoms with Crippen molar-refractivity contribution < 1.29 is 23.7 Å². The van der Waals surface area contributed by atoms with E-state index in [4.69, 9.17) is 23.7 Å². The minimum Gasteiger partial charge on any atom is -0.487 e. The summed E-state index contributed by atoms with van der Waals surface area (Å²) in [5.41, 5.74) is 1.76. The monoisotopic (exact) mass is 459 g/mol. The predicted molar refractivity (Wildman–Crippen MR) is 128 cm³/mol. The van der Waals surface area contributed by atoms with Crippen molar-refractivity contribution >= 4 is 0 Å². The van der Waals surface area contributed by atoms with E-state index >= 15 is 0 Å². The van der Waals surface area contributed by atoms with Crippen LogP contribution in [0.15, 0.2) is 12.1 Å². The molecule has 1 aliphatic heterocycles. The molecule has 3 rings (SSSR count). The van der Waals surface area contributed by atoms with Gasteiger partial charge in [0.2, 0.25) is 0 Å². The van der Waals surface area contributed by atoms with Gasteiger partial charge in [0, 0.05) is 31.6 Å². The smallest absolute Gasteiger partial charge is 0.188 e. The number of rotatable bonds is 12. The van der Waals surface area contributed by atoms with Gasteiger partial charge in [-0.15, -0.1) is 0 Å². The molecule has 0 radical (unpaired) electrons. The Kier molecular flexibility index (Phi) is 9.43. The number of hydrogen-bond donors (Lipinski definition) is 0. The molecule has 0 spiro atoms. The third-order valence-corrected chi connectivity index (χ3v) is 7.22. The quantitative estimate of drug-likeness (QED) is 0.270. The van der Waals surface area contributed by atoms with Crippen LogP contribution in [0.1, 0.15) is 95.1 Å². The molecule has 1 aromatic carbocycles. The van der Waals surface area contributed by atoms with Crippen LogP contribution < -0.4 is 9.47 Å². The first-order chi connectivity index (χ1) is 15.9. The highest BCUT2D eigenvalue weighted by Gasteiger charge is 2.48. The van der Waals surface area contributed by atoms with Gasteiger partial charge in [0.1, 0.15) is 23.9 Å². The fraction of sp³-hybridized carbons (Fsp3) is 0.741. The number of hydrogen-bond acceptors (Lipinski definition) is 6.